The van der Waals surface area contributed by atoms with Gasteiger partial charge in [0.15, 0.2) is 6.10 Å². The number of fused-ring (bicyclic) bond motifs is 1. The highest BCUT2D eigenvalue weighted by Gasteiger charge is 2.27. The molecule has 1 atom stereocenters. The summed E-state index contributed by atoms with van der Waals surface area (Å²) in [6.45, 7) is 2.97. The average Bonchev–Trinajstić information content (AvgIpc) is 3.16. The van der Waals surface area contributed by atoms with Gasteiger partial charge in [-0.2, -0.15) is 0 Å². The number of hydrogen-bond acceptors (Lipinski definition) is 4. The second-order valence-corrected chi connectivity index (χ2v) is 5.95. The molecule has 1 saturated heterocycles. The molecule has 6 nitrogen and oxygen atoms in total. The van der Waals surface area contributed by atoms with Gasteiger partial charge in [0.25, 0.3) is 11.5 Å². The van der Waals surface area contributed by atoms with Gasteiger partial charge >= 0.3 is 5.97 Å². The fourth-order valence-electron chi connectivity index (χ4n) is 3.13. The van der Waals surface area contributed by atoms with Crippen molar-refractivity contribution < 1.29 is 14.3 Å². The summed E-state index contributed by atoms with van der Waals surface area (Å²) in [5.74, 6) is -0.917. The van der Waals surface area contributed by atoms with Crippen molar-refractivity contribution in [2.24, 2.45) is 0 Å². The van der Waals surface area contributed by atoms with Gasteiger partial charge in [-0.15, -0.1) is 0 Å². The maximum absolute atomic E-state index is 12.2. The Hall–Kier alpha value is -2.11. The molecule has 22 heavy (non-hydrogen) atoms. The van der Waals surface area contributed by atoms with Gasteiger partial charge in [-0.25, -0.2) is 4.79 Å². The maximum atomic E-state index is 12.2. The first-order valence-electron chi connectivity index (χ1n) is 7.81. The lowest BCUT2D eigenvalue weighted by molar-refractivity contribution is -0.138. The molecule has 0 spiro atoms. The van der Waals surface area contributed by atoms with E-state index >= 15 is 0 Å². The van der Waals surface area contributed by atoms with E-state index in [9.17, 15) is 14.4 Å². The summed E-state index contributed by atoms with van der Waals surface area (Å²) in [7, 11) is 0. The number of carbonyl (C=O) groups is 2. The Morgan fingerprint density at radius 3 is 2.68 bits per heavy atom. The van der Waals surface area contributed by atoms with Crippen LogP contribution in [-0.4, -0.2) is 41.0 Å². The van der Waals surface area contributed by atoms with Crippen LogP contribution in [-0.2, 0) is 22.4 Å². The number of aromatic nitrogens is 1. The Morgan fingerprint density at radius 1 is 1.23 bits per heavy atom. The second-order valence-electron chi connectivity index (χ2n) is 5.95. The van der Waals surface area contributed by atoms with Crippen LogP contribution in [0.15, 0.2) is 10.9 Å². The van der Waals surface area contributed by atoms with E-state index < -0.39 is 17.6 Å². The predicted octanol–water partition coefficient (Wildman–Crippen LogP) is 1.03. The van der Waals surface area contributed by atoms with Gasteiger partial charge in [-0.1, -0.05) is 0 Å². The summed E-state index contributed by atoms with van der Waals surface area (Å²) < 4.78 is 5.20. The highest BCUT2D eigenvalue weighted by Crippen LogP contribution is 2.19. The third-order valence-electron chi connectivity index (χ3n) is 4.36. The van der Waals surface area contributed by atoms with Crippen LogP contribution in [0.2, 0.25) is 0 Å². The van der Waals surface area contributed by atoms with Gasteiger partial charge in [0, 0.05) is 18.8 Å². The maximum Gasteiger partial charge on any atom is 0.344 e. The van der Waals surface area contributed by atoms with Crippen molar-refractivity contribution in [2.45, 2.75) is 45.1 Å². The predicted molar refractivity (Wildman–Crippen MR) is 79.8 cm³/mol. The minimum Gasteiger partial charge on any atom is -0.449 e. The molecule has 6 heteroatoms. The fourth-order valence-corrected chi connectivity index (χ4v) is 3.13. The molecule has 0 aromatic carbocycles. The molecule has 1 aromatic rings. The molecule has 2 heterocycles. The summed E-state index contributed by atoms with van der Waals surface area (Å²) in [6.07, 6.45) is 3.78. The smallest absolute Gasteiger partial charge is 0.344 e. The number of ether oxygens (including phenoxy) is 1. The highest BCUT2D eigenvalue weighted by molar-refractivity contribution is 5.92. The van der Waals surface area contributed by atoms with E-state index in [4.69, 9.17) is 4.74 Å². The molecule has 1 aromatic heterocycles. The van der Waals surface area contributed by atoms with Crippen LogP contribution in [0.1, 0.15) is 47.8 Å². The molecule has 0 radical (unpaired) electrons. The van der Waals surface area contributed by atoms with E-state index in [1.807, 2.05) is 0 Å². The van der Waals surface area contributed by atoms with Crippen LogP contribution in [0.5, 0.6) is 0 Å². The molecule has 118 valence electrons. The zero-order valence-corrected chi connectivity index (χ0v) is 12.7. The average molecular weight is 304 g/mol. The first kappa shape index (κ1) is 14.8. The molecule has 3 rings (SSSR count). The number of amides is 1. The minimum atomic E-state index is -0.863. The van der Waals surface area contributed by atoms with Crippen molar-refractivity contribution in [3.8, 4) is 0 Å². The van der Waals surface area contributed by atoms with E-state index in [2.05, 4.69) is 4.98 Å². The molecule has 1 aliphatic carbocycles. The lowest BCUT2D eigenvalue weighted by Gasteiger charge is -2.20. The molecule has 1 aliphatic heterocycles. The van der Waals surface area contributed by atoms with Gasteiger partial charge in [-0.05, 0) is 50.7 Å². The topological polar surface area (TPSA) is 79.5 Å². The molecule has 0 bridgehead atoms. The molecular formula is C16H20N2O4. The molecule has 0 saturated carbocycles. The van der Waals surface area contributed by atoms with Gasteiger partial charge in [0.1, 0.15) is 5.56 Å². The molecular weight excluding hydrogens is 284 g/mol. The molecule has 1 fully saturated rings. The first-order chi connectivity index (χ1) is 10.6. The van der Waals surface area contributed by atoms with E-state index in [0.29, 0.717) is 13.1 Å². The summed E-state index contributed by atoms with van der Waals surface area (Å²) >= 11 is 0. The van der Waals surface area contributed by atoms with E-state index in [-0.39, 0.29) is 11.5 Å². The van der Waals surface area contributed by atoms with Crippen molar-refractivity contribution in [2.75, 3.05) is 13.1 Å². The number of hydrogen-bond donors (Lipinski definition) is 1. The van der Waals surface area contributed by atoms with Crippen LogP contribution in [0, 0.1) is 0 Å². The number of carbonyl (C=O) groups excluding carboxylic acids is 2. The van der Waals surface area contributed by atoms with E-state index in [1.54, 1.807) is 17.9 Å². The van der Waals surface area contributed by atoms with Gasteiger partial charge in [0.05, 0.1) is 0 Å². The van der Waals surface area contributed by atoms with E-state index in [0.717, 1.165) is 43.4 Å². The normalized spacial score (nSPS) is 18.1. The molecule has 1 amide bonds. The number of rotatable bonds is 3. The highest BCUT2D eigenvalue weighted by atomic mass is 16.5. The third kappa shape index (κ3) is 2.77. The van der Waals surface area contributed by atoms with E-state index in [1.165, 1.54) is 0 Å². The van der Waals surface area contributed by atoms with Crippen LogP contribution >= 0.6 is 0 Å². The number of nitrogens with zero attached hydrogens (tertiary/aromatic N) is 1. The summed E-state index contributed by atoms with van der Waals surface area (Å²) in [5.41, 5.74) is 1.45. The van der Waals surface area contributed by atoms with Crippen LogP contribution in [0.4, 0.5) is 0 Å². The number of pyridine rings is 1. The Bertz CT molecular complexity index is 659. The zero-order chi connectivity index (χ0) is 15.7. The zero-order valence-electron chi connectivity index (χ0n) is 12.7. The van der Waals surface area contributed by atoms with Crippen molar-refractivity contribution in [3.05, 3.63) is 33.2 Å². The monoisotopic (exact) mass is 304 g/mol. The second kappa shape index (κ2) is 5.94. The van der Waals surface area contributed by atoms with Crippen LogP contribution in [0.3, 0.4) is 0 Å². The fraction of sp³-hybridized carbons (Fsp3) is 0.562. The third-order valence-corrected chi connectivity index (χ3v) is 4.36. The number of nitrogens with one attached hydrogen (secondary N) is 1. The van der Waals surface area contributed by atoms with Gasteiger partial charge in [-0.3, -0.25) is 9.59 Å². The number of aromatic amines is 1. The molecule has 1 N–H and O–H groups in total. The summed E-state index contributed by atoms with van der Waals surface area (Å²) in [6, 6.07) is 1.61. The van der Waals surface area contributed by atoms with Crippen molar-refractivity contribution in [3.63, 3.8) is 0 Å². The van der Waals surface area contributed by atoms with Crippen molar-refractivity contribution >= 4 is 11.9 Å². The number of likely N-dealkylation sites (tertiary alicyclic amines) is 1. The summed E-state index contributed by atoms with van der Waals surface area (Å²) in [4.78, 5) is 40.7. The Morgan fingerprint density at radius 2 is 1.95 bits per heavy atom. The SMILES string of the molecule is C[C@H](OC(=O)c1cc2c([nH]c1=O)CCC2)C(=O)N1CCCC1. The first-order valence-corrected chi connectivity index (χ1v) is 7.81. The molecule has 2 aliphatic rings. The van der Waals surface area contributed by atoms with Crippen molar-refractivity contribution in [1.29, 1.82) is 0 Å². The Kier molecular flexibility index (Phi) is 4.00. The van der Waals surface area contributed by atoms with Gasteiger partial charge < -0.3 is 14.6 Å². The standard InChI is InChI=1S/C16H20N2O4/c1-10(15(20)18-7-2-3-8-18)22-16(21)12-9-11-5-4-6-13(11)17-14(12)19/h9-10H,2-8H2,1H3,(H,17,19)/t10-/m0/s1. The lowest BCUT2D eigenvalue weighted by atomic mass is 10.1. The quantitative estimate of drug-likeness (QED) is 0.846. The minimum absolute atomic E-state index is 0.0123. The van der Waals surface area contributed by atoms with Crippen LogP contribution in [0.25, 0.3) is 0 Å². The summed E-state index contributed by atoms with van der Waals surface area (Å²) in [5, 5.41) is 0. The van der Waals surface area contributed by atoms with Crippen LogP contribution < -0.4 is 5.56 Å². The van der Waals surface area contributed by atoms with Crippen molar-refractivity contribution in [1.82, 2.24) is 9.88 Å². The Labute approximate surface area is 128 Å². The number of esters is 1. The number of aryl methyl sites for hydroxylation is 2. The lowest BCUT2D eigenvalue weighted by Crippen LogP contribution is -2.38. The largest absolute Gasteiger partial charge is 0.449 e. The number of H-pyrrole nitrogens is 1. The van der Waals surface area contributed by atoms with Gasteiger partial charge in [0.2, 0.25) is 0 Å². The molecule has 0 unspecified atom stereocenters. The Balaban J connectivity index is 1.71.